The Kier molecular flexibility index (Phi) is 7.19. The van der Waals surface area contributed by atoms with E-state index in [0.29, 0.717) is 43.3 Å². The van der Waals surface area contributed by atoms with E-state index in [0.717, 1.165) is 23.0 Å². The zero-order chi connectivity index (χ0) is 24.3. The Morgan fingerprint density at radius 2 is 2.15 bits per heavy atom. The number of nitrogens with one attached hydrogen (secondary N) is 3. The molecule has 1 atom stereocenters. The molecule has 33 heavy (non-hydrogen) atoms. The molecule has 0 saturated carbocycles. The van der Waals surface area contributed by atoms with Gasteiger partial charge < -0.3 is 20.9 Å². The molecule has 2 bridgehead atoms. The van der Waals surface area contributed by atoms with Gasteiger partial charge in [0.2, 0.25) is 5.91 Å². The second kappa shape index (κ2) is 9.72. The number of hydrogen-bond donors (Lipinski definition) is 3. The summed E-state index contributed by atoms with van der Waals surface area (Å²) in [7, 11) is 1.76. The summed E-state index contributed by atoms with van der Waals surface area (Å²) in [6.07, 6.45) is 3.02. The first kappa shape index (κ1) is 24.4. The molecule has 9 heteroatoms. The number of alkyl halides is 3. The highest BCUT2D eigenvalue weighted by molar-refractivity contribution is 5.97. The normalized spacial score (nSPS) is 21.4. The van der Waals surface area contributed by atoms with Gasteiger partial charge in [-0.3, -0.25) is 4.79 Å². The van der Waals surface area contributed by atoms with Crippen molar-refractivity contribution in [2.45, 2.75) is 39.8 Å². The van der Waals surface area contributed by atoms with Crippen LogP contribution in [-0.4, -0.2) is 43.0 Å². The van der Waals surface area contributed by atoms with E-state index >= 15 is 0 Å². The van der Waals surface area contributed by atoms with Crippen molar-refractivity contribution in [2.24, 2.45) is 10.9 Å². The van der Waals surface area contributed by atoms with Gasteiger partial charge in [0.1, 0.15) is 11.7 Å². The van der Waals surface area contributed by atoms with Gasteiger partial charge in [0.25, 0.3) is 0 Å². The third-order valence-electron chi connectivity index (χ3n) is 5.70. The number of halogens is 3. The number of amides is 1. The lowest BCUT2D eigenvalue weighted by Crippen LogP contribution is -2.36. The lowest BCUT2D eigenvalue weighted by atomic mass is 9.89. The zero-order valence-electron chi connectivity index (χ0n) is 19.4. The molecule has 0 saturated heterocycles. The van der Waals surface area contributed by atoms with E-state index < -0.39 is 17.7 Å². The van der Waals surface area contributed by atoms with Crippen LogP contribution in [0.2, 0.25) is 0 Å². The van der Waals surface area contributed by atoms with Crippen LogP contribution in [0.15, 0.2) is 75.5 Å². The average molecular weight is 462 g/mol. The fraction of sp³-hybridized carbons (Fsp3) is 0.417. The summed E-state index contributed by atoms with van der Waals surface area (Å²) in [5, 5.41) is 9.44. The van der Waals surface area contributed by atoms with E-state index in [2.05, 4.69) is 27.5 Å². The van der Waals surface area contributed by atoms with Gasteiger partial charge in [-0.05, 0) is 43.9 Å². The molecular weight excluding hydrogens is 431 g/mol. The number of aliphatic imine (C=N–C) groups is 1. The van der Waals surface area contributed by atoms with Crippen molar-refractivity contribution in [1.29, 1.82) is 0 Å². The minimum atomic E-state index is -4.50. The van der Waals surface area contributed by atoms with Crippen LogP contribution in [0.1, 0.15) is 33.6 Å². The first-order chi connectivity index (χ1) is 15.6. The Bertz CT molecular complexity index is 1030. The number of likely N-dealkylation sites (N-methyl/N-ethyl adjacent to an activating group) is 2. The number of fused-ring (bicyclic) bond motifs is 2. The standard InChI is InChI=1S/C24H30F3N5O/c1-6-8-9-17-16(13-32(5)23(17)33)10-14(3)30-20-11-19(28-7-2)21-15(4)22(31-20)29-12-18(21)24(25,26)27/h6,10-12,15,28,30H,1,7-9,13H2,2-5H3,(H,29,31)/b14-10+/t15-/m1/s1. The van der Waals surface area contributed by atoms with Gasteiger partial charge >= 0.3 is 6.18 Å². The molecule has 3 heterocycles. The third kappa shape index (κ3) is 5.23. The number of carbonyl (C=O) groups excluding carboxylic acids is 1. The summed E-state index contributed by atoms with van der Waals surface area (Å²) >= 11 is 0. The molecule has 3 rings (SSSR count). The number of nitrogens with zero attached hydrogens (tertiary/aromatic N) is 2. The van der Waals surface area contributed by atoms with Crippen molar-refractivity contribution in [2.75, 3.05) is 20.1 Å². The highest BCUT2D eigenvalue weighted by Crippen LogP contribution is 2.39. The predicted octanol–water partition coefficient (Wildman–Crippen LogP) is 4.02. The van der Waals surface area contributed by atoms with E-state index in [1.165, 1.54) is 0 Å². The van der Waals surface area contributed by atoms with Crippen LogP contribution in [-0.2, 0) is 4.79 Å². The molecule has 0 aromatic carbocycles. The molecule has 0 spiro atoms. The summed E-state index contributed by atoms with van der Waals surface area (Å²) in [6.45, 7) is 10.1. The Hall–Kier alpha value is -3.23. The summed E-state index contributed by atoms with van der Waals surface area (Å²) in [5.41, 5.74) is 2.23. The summed E-state index contributed by atoms with van der Waals surface area (Å²) in [5.74, 6) is 0.376. The average Bonchev–Trinajstić information content (AvgIpc) is 2.96. The number of amidine groups is 1. The molecule has 3 aliphatic heterocycles. The van der Waals surface area contributed by atoms with Gasteiger partial charge in [-0.1, -0.05) is 13.0 Å². The lowest BCUT2D eigenvalue weighted by Gasteiger charge is -2.26. The number of carbonyl (C=O) groups is 1. The number of allylic oxidation sites excluding steroid dienone is 4. The fourth-order valence-corrected chi connectivity index (χ4v) is 4.18. The van der Waals surface area contributed by atoms with Crippen molar-refractivity contribution in [3.05, 3.63) is 70.5 Å². The van der Waals surface area contributed by atoms with Crippen molar-refractivity contribution < 1.29 is 18.0 Å². The monoisotopic (exact) mass is 461 g/mol. The van der Waals surface area contributed by atoms with Crippen molar-refractivity contribution >= 4 is 11.7 Å². The topological polar surface area (TPSA) is 68.8 Å². The number of hydrogen-bond acceptors (Lipinski definition) is 5. The molecule has 0 aromatic rings. The van der Waals surface area contributed by atoms with Gasteiger partial charge in [0.15, 0.2) is 0 Å². The maximum Gasteiger partial charge on any atom is 0.418 e. The molecule has 6 nitrogen and oxygen atoms in total. The smallest absolute Gasteiger partial charge is 0.385 e. The van der Waals surface area contributed by atoms with E-state index in [-0.39, 0.29) is 11.5 Å². The molecular formula is C24H30F3N5O. The van der Waals surface area contributed by atoms with Crippen molar-refractivity contribution in [1.82, 2.24) is 20.9 Å². The Balaban J connectivity index is 1.95. The molecule has 0 fully saturated rings. The Labute approximate surface area is 192 Å². The van der Waals surface area contributed by atoms with Gasteiger partial charge in [-0.25, -0.2) is 4.99 Å². The van der Waals surface area contributed by atoms with Crippen LogP contribution in [0.4, 0.5) is 13.2 Å². The molecule has 0 radical (unpaired) electrons. The predicted molar refractivity (Wildman–Crippen MR) is 124 cm³/mol. The van der Waals surface area contributed by atoms with E-state index in [1.54, 1.807) is 31.0 Å². The first-order valence-corrected chi connectivity index (χ1v) is 10.9. The Morgan fingerprint density at radius 1 is 1.42 bits per heavy atom. The SMILES string of the molecule is C=CCCC1=C(/C=C(\C)NC2=CC(NCC)=C3C(C(F)(F)F)=CN=C(N2)[C@@H]3C)CN(C)C1=O. The molecule has 0 aliphatic carbocycles. The van der Waals surface area contributed by atoms with E-state index in [9.17, 15) is 18.0 Å². The molecule has 3 aliphatic rings. The van der Waals surface area contributed by atoms with Gasteiger partial charge in [-0.2, -0.15) is 13.2 Å². The van der Waals surface area contributed by atoms with Gasteiger partial charge in [0, 0.05) is 55.3 Å². The first-order valence-electron chi connectivity index (χ1n) is 10.9. The van der Waals surface area contributed by atoms with Crippen LogP contribution >= 0.6 is 0 Å². The van der Waals surface area contributed by atoms with Gasteiger partial charge in [-0.15, -0.1) is 6.58 Å². The fourth-order valence-electron chi connectivity index (χ4n) is 4.18. The second-order valence-corrected chi connectivity index (χ2v) is 8.26. The van der Waals surface area contributed by atoms with Crippen molar-refractivity contribution in [3.63, 3.8) is 0 Å². The highest BCUT2D eigenvalue weighted by Gasteiger charge is 2.42. The largest absolute Gasteiger partial charge is 0.418 e. The maximum absolute atomic E-state index is 13.7. The second-order valence-electron chi connectivity index (χ2n) is 8.26. The van der Waals surface area contributed by atoms with E-state index in [1.807, 2.05) is 19.9 Å². The summed E-state index contributed by atoms with van der Waals surface area (Å²) in [4.78, 5) is 18.2. The molecule has 178 valence electrons. The van der Waals surface area contributed by atoms with Crippen molar-refractivity contribution in [3.8, 4) is 0 Å². The van der Waals surface area contributed by atoms with Gasteiger partial charge in [0.05, 0.1) is 5.57 Å². The Morgan fingerprint density at radius 3 is 2.79 bits per heavy atom. The van der Waals surface area contributed by atoms with Crippen LogP contribution < -0.4 is 16.0 Å². The van der Waals surface area contributed by atoms with Crippen LogP contribution in [0.25, 0.3) is 0 Å². The summed E-state index contributed by atoms with van der Waals surface area (Å²) in [6, 6.07) is 0. The molecule has 0 unspecified atom stereocenters. The van der Waals surface area contributed by atoms with Crippen LogP contribution in [0.3, 0.4) is 0 Å². The zero-order valence-corrected chi connectivity index (χ0v) is 19.4. The minimum Gasteiger partial charge on any atom is -0.385 e. The summed E-state index contributed by atoms with van der Waals surface area (Å²) < 4.78 is 41.0. The quantitative estimate of drug-likeness (QED) is 0.478. The number of rotatable bonds is 8. The highest BCUT2D eigenvalue weighted by atomic mass is 19.4. The lowest BCUT2D eigenvalue weighted by molar-refractivity contribution is -0.124. The minimum absolute atomic E-state index is 0.00426. The van der Waals surface area contributed by atoms with Crippen LogP contribution in [0.5, 0.6) is 0 Å². The molecule has 0 aromatic heterocycles. The van der Waals surface area contributed by atoms with E-state index in [4.69, 9.17) is 0 Å². The maximum atomic E-state index is 13.7. The molecule has 1 amide bonds. The third-order valence-corrected chi connectivity index (χ3v) is 5.70. The van der Waals surface area contributed by atoms with Crippen LogP contribution in [0, 0.1) is 5.92 Å². The molecule has 3 N–H and O–H groups in total.